The van der Waals surface area contributed by atoms with Gasteiger partial charge in [-0.2, -0.15) is 0 Å². The molecule has 0 saturated heterocycles. The van der Waals surface area contributed by atoms with E-state index in [1.807, 2.05) is 0 Å². The molecule has 0 radical (unpaired) electrons. The van der Waals surface area contributed by atoms with Crippen molar-refractivity contribution in [2.24, 2.45) is 5.92 Å². The maximum atomic E-state index is 13.4. The van der Waals surface area contributed by atoms with Gasteiger partial charge in [-0.3, -0.25) is 4.79 Å². The maximum absolute atomic E-state index is 13.4. The number of halogens is 2. The highest BCUT2D eigenvalue weighted by Crippen LogP contribution is 2.39. The fourth-order valence-corrected chi connectivity index (χ4v) is 3.09. The fourth-order valence-electron chi connectivity index (χ4n) is 3.09. The minimum atomic E-state index is -0.614. The number of hydrogen-bond acceptors (Lipinski definition) is 3. The monoisotopic (exact) mass is 298 g/mol. The van der Waals surface area contributed by atoms with Crippen LogP contribution in [0, 0.1) is 17.6 Å². The van der Waals surface area contributed by atoms with Crippen LogP contribution in [0.15, 0.2) is 18.2 Å². The van der Waals surface area contributed by atoms with Crippen LogP contribution in [0.1, 0.15) is 37.2 Å². The third-order valence-corrected chi connectivity index (χ3v) is 4.12. The number of hydrogen-bond donors (Lipinski definition) is 0. The summed E-state index contributed by atoms with van der Waals surface area (Å²) in [5, 5.41) is 0. The van der Waals surface area contributed by atoms with Gasteiger partial charge in [0.1, 0.15) is 17.4 Å². The summed E-state index contributed by atoms with van der Waals surface area (Å²) >= 11 is 0. The summed E-state index contributed by atoms with van der Waals surface area (Å²) in [6.07, 6.45) is 1.88. The number of benzene rings is 1. The Bertz CT molecular complexity index is 480. The van der Waals surface area contributed by atoms with E-state index in [9.17, 15) is 13.6 Å². The largest absolute Gasteiger partial charge is 0.356 e. The molecule has 2 atom stereocenters. The van der Waals surface area contributed by atoms with Gasteiger partial charge in [0.15, 0.2) is 6.29 Å². The van der Waals surface area contributed by atoms with Crippen molar-refractivity contribution >= 4 is 5.78 Å². The Labute approximate surface area is 123 Å². The van der Waals surface area contributed by atoms with Crippen LogP contribution in [0.25, 0.3) is 0 Å². The third kappa shape index (κ3) is 3.86. The Balaban J connectivity index is 2.27. The van der Waals surface area contributed by atoms with Crippen LogP contribution in [-0.4, -0.2) is 26.3 Å². The average molecular weight is 298 g/mol. The standard InChI is InChI=1S/C16H20F2O3/c1-20-16(21-2)9-14-13(4-3-5-15(14)19)10-6-11(17)8-12(18)7-10/h6-8,13-14,16H,3-5,9H2,1-2H3. The molecule has 1 fully saturated rings. The smallest absolute Gasteiger partial charge is 0.157 e. The van der Waals surface area contributed by atoms with Gasteiger partial charge in [0.05, 0.1) is 0 Å². The van der Waals surface area contributed by atoms with Crippen LogP contribution in [-0.2, 0) is 14.3 Å². The lowest BCUT2D eigenvalue weighted by atomic mass is 9.73. The van der Waals surface area contributed by atoms with Gasteiger partial charge >= 0.3 is 0 Å². The van der Waals surface area contributed by atoms with Crippen molar-refractivity contribution in [2.45, 2.75) is 37.9 Å². The third-order valence-electron chi connectivity index (χ3n) is 4.12. The van der Waals surface area contributed by atoms with Crippen LogP contribution in [0.3, 0.4) is 0 Å². The second kappa shape index (κ2) is 7.09. The van der Waals surface area contributed by atoms with Gasteiger partial charge in [-0.05, 0) is 36.5 Å². The molecule has 1 aromatic carbocycles. The molecule has 1 aliphatic rings. The Morgan fingerprint density at radius 1 is 1.19 bits per heavy atom. The Morgan fingerprint density at radius 2 is 1.81 bits per heavy atom. The van der Waals surface area contributed by atoms with Crippen molar-refractivity contribution in [3.63, 3.8) is 0 Å². The molecule has 2 rings (SSSR count). The van der Waals surface area contributed by atoms with E-state index in [0.717, 1.165) is 18.9 Å². The summed E-state index contributed by atoms with van der Waals surface area (Å²) in [5.74, 6) is -1.64. The van der Waals surface area contributed by atoms with Crippen molar-refractivity contribution in [1.82, 2.24) is 0 Å². The van der Waals surface area contributed by atoms with Gasteiger partial charge in [0.2, 0.25) is 0 Å². The summed E-state index contributed by atoms with van der Waals surface area (Å²) in [6.45, 7) is 0. The van der Waals surface area contributed by atoms with Crippen LogP contribution in [0.5, 0.6) is 0 Å². The molecule has 5 heteroatoms. The predicted molar refractivity (Wildman–Crippen MR) is 73.9 cm³/mol. The number of Topliss-reactive ketones (excluding diaryl/α,β-unsaturated/α-hetero) is 1. The summed E-state index contributed by atoms with van der Waals surface area (Å²) in [4.78, 5) is 12.2. The molecule has 2 unspecified atom stereocenters. The molecule has 0 spiro atoms. The molecule has 0 aromatic heterocycles. The van der Waals surface area contributed by atoms with Crippen LogP contribution >= 0.6 is 0 Å². The van der Waals surface area contributed by atoms with Crippen molar-refractivity contribution in [2.75, 3.05) is 14.2 Å². The van der Waals surface area contributed by atoms with Crippen molar-refractivity contribution in [3.05, 3.63) is 35.4 Å². The van der Waals surface area contributed by atoms with Crippen molar-refractivity contribution in [1.29, 1.82) is 0 Å². The first kappa shape index (κ1) is 16.0. The lowest BCUT2D eigenvalue weighted by molar-refractivity contribution is -0.138. The summed E-state index contributed by atoms with van der Waals surface area (Å²) < 4.78 is 37.2. The highest BCUT2D eigenvalue weighted by molar-refractivity contribution is 5.82. The SMILES string of the molecule is COC(CC1C(=O)CCCC1c1cc(F)cc(F)c1)OC. The number of carbonyl (C=O) groups is 1. The number of rotatable bonds is 5. The molecule has 1 aliphatic carbocycles. The molecule has 0 amide bonds. The highest BCUT2D eigenvalue weighted by Gasteiger charge is 2.35. The van der Waals surface area contributed by atoms with Crippen LogP contribution in [0.4, 0.5) is 8.78 Å². The molecule has 0 N–H and O–H groups in total. The van der Waals surface area contributed by atoms with E-state index in [4.69, 9.17) is 9.47 Å². The van der Waals surface area contributed by atoms with Crippen molar-refractivity contribution in [3.8, 4) is 0 Å². The Hall–Kier alpha value is -1.33. The second-order valence-corrected chi connectivity index (χ2v) is 5.41. The minimum absolute atomic E-state index is 0.106. The lowest BCUT2D eigenvalue weighted by Gasteiger charge is -2.32. The topological polar surface area (TPSA) is 35.5 Å². The highest BCUT2D eigenvalue weighted by atomic mass is 19.1. The lowest BCUT2D eigenvalue weighted by Crippen LogP contribution is -2.31. The molecule has 0 aliphatic heterocycles. The molecule has 0 bridgehead atoms. The molecule has 3 nitrogen and oxygen atoms in total. The summed E-state index contributed by atoms with van der Waals surface area (Å²) in [7, 11) is 3.02. The van der Waals surface area contributed by atoms with E-state index in [1.54, 1.807) is 0 Å². The fraction of sp³-hybridized carbons (Fsp3) is 0.562. The number of carbonyl (C=O) groups excluding carboxylic acids is 1. The van der Waals surface area contributed by atoms with Gasteiger partial charge < -0.3 is 9.47 Å². The first-order chi connectivity index (χ1) is 10.0. The van der Waals surface area contributed by atoms with Crippen molar-refractivity contribution < 1.29 is 23.0 Å². The molecule has 116 valence electrons. The van der Waals surface area contributed by atoms with E-state index in [0.29, 0.717) is 18.4 Å². The maximum Gasteiger partial charge on any atom is 0.157 e. The van der Waals surface area contributed by atoms with Crippen LogP contribution < -0.4 is 0 Å². The van der Waals surface area contributed by atoms with E-state index in [-0.39, 0.29) is 17.6 Å². The average Bonchev–Trinajstić information content (AvgIpc) is 2.45. The van der Waals surface area contributed by atoms with Crippen LogP contribution in [0.2, 0.25) is 0 Å². The molecule has 1 aromatic rings. The van der Waals surface area contributed by atoms with Gasteiger partial charge in [0.25, 0.3) is 0 Å². The number of ketones is 1. The molecule has 1 saturated carbocycles. The number of ether oxygens (including phenoxy) is 2. The summed E-state index contributed by atoms with van der Waals surface area (Å²) in [5.41, 5.74) is 0.538. The van der Waals surface area contributed by atoms with E-state index >= 15 is 0 Å². The summed E-state index contributed by atoms with van der Waals surface area (Å²) in [6, 6.07) is 3.47. The zero-order valence-corrected chi connectivity index (χ0v) is 12.3. The van der Waals surface area contributed by atoms with E-state index in [2.05, 4.69) is 0 Å². The quantitative estimate of drug-likeness (QED) is 0.781. The van der Waals surface area contributed by atoms with Gasteiger partial charge in [-0.15, -0.1) is 0 Å². The van der Waals surface area contributed by atoms with Gasteiger partial charge in [-0.25, -0.2) is 8.78 Å². The minimum Gasteiger partial charge on any atom is -0.356 e. The Morgan fingerprint density at radius 3 is 2.38 bits per heavy atom. The van der Waals surface area contributed by atoms with E-state index < -0.39 is 17.9 Å². The van der Waals surface area contributed by atoms with E-state index in [1.165, 1.54) is 26.4 Å². The zero-order valence-electron chi connectivity index (χ0n) is 12.3. The second-order valence-electron chi connectivity index (χ2n) is 5.41. The molecule has 21 heavy (non-hydrogen) atoms. The number of methoxy groups -OCH3 is 2. The first-order valence-electron chi connectivity index (χ1n) is 7.09. The molecule has 0 heterocycles. The van der Waals surface area contributed by atoms with Gasteiger partial charge in [-0.1, -0.05) is 0 Å². The zero-order chi connectivity index (χ0) is 15.4. The van der Waals surface area contributed by atoms with Gasteiger partial charge in [0, 0.05) is 39.0 Å². The predicted octanol–water partition coefficient (Wildman–Crippen LogP) is 3.43. The molecular formula is C16H20F2O3. The Kier molecular flexibility index (Phi) is 5.42. The molecular weight excluding hydrogens is 278 g/mol. The normalized spacial score (nSPS) is 22.8. The first-order valence-corrected chi connectivity index (χ1v) is 7.09.